The summed E-state index contributed by atoms with van der Waals surface area (Å²) in [6.07, 6.45) is 6.10. The standard InChI is InChI=1S/C36H42N6O5/c1-36(2)46-32-23(9-7-21-6-8-22-11-13-30(37-3)41-27(22)14-21)15-28(33(32)47-36)42-18-25(19-43)31-34(39-20-40-35(31)42)38-17-24-10-12-26(44-4)16-29(24)45-5/h6,8,10-14,16,18,20,23,28,32-33,43H,7,9,15,17,19H2,1-5H3,(H,37,41)(H,38,39,40)/t23-,28+,32+,33-/m0/s1. The fourth-order valence-corrected chi connectivity index (χ4v) is 7.27. The Balaban J connectivity index is 1.15. The van der Waals surface area contributed by atoms with E-state index in [1.807, 2.05) is 51.4 Å². The van der Waals surface area contributed by atoms with Crippen LogP contribution in [0.15, 0.2) is 61.1 Å². The van der Waals surface area contributed by atoms with Crippen molar-refractivity contribution in [2.24, 2.45) is 5.92 Å². The zero-order valence-corrected chi connectivity index (χ0v) is 27.5. The van der Waals surface area contributed by atoms with Gasteiger partial charge in [0, 0.05) is 42.4 Å². The molecule has 11 heteroatoms. The number of rotatable bonds is 11. The Bertz CT molecular complexity index is 1910. The molecule has 0 amide bonds. The first-order valence-corrected chi connectivity index (χ1v) is 16.1. The van der Waals surface area contributed by atoms with Crippen molar-refractivity contribution in [3.05, 3.63) is 77.7 Å². The van der Waals surface area contributed by atoms with Gasteiger partial charge in [0.1, 0.15) is 41.2 Å². The van der Waals surface area contributed by atoms with Gasteiger partial charge in [-0.25, -0.2) is 15.0 Å². The number of aliphatic hydroxyl groups excluding tert-OH is 1. The van der Waals surface area contributed by atoms with Crippen LogP contribution in [0.2, 0.25) is 0 Å². The summed E-state index contributed by atoms with van der Waals surface area (Å²) in [6.45, 7) is 4.30. The molecule has 3 aromatic heterocycles. The van der Waals surface area contributed by atoms with Gasteiger partial charge in [0.05, 0.1) is 43.9 Å². The van der Waals surface area contributed by atoms with Gasteiger partial charge in [-0.3, -0.25) is 0 Å². The second-order valence-corrected chi connectivity index (χ2v) is 12.8. The summed E-state index contributed by atoms with van der Waals surface area (Å²) < 4.78 is 26.2. The molecule has 0 unspecified atom stereocenters. The van der Waals surface area contributed by atoms with Crippen molar-refractivity contribution < 1.29 is 24.1 Å². The molecule has 0 radical (unpaired) electrons. The van der Waals surface area contributed by atoms with Gasteiger partial charge in [-0.1, -0.05) is 12.1 Å². The molecule has 1 saturated carbocycles. The number of pyridine rings is 1. The number of nitrogens with zero attached hydrogens (tertiary/aromatic N) is 4. The van der Waals surface area contributed by atoms with E-state index < -0.39 is 5.79 Å². The van der Waals surface area contributed by atoms with Crippen LogP contribution in [-0.2, 0) is 29.0 Å². The van der Waals surface area contributed by atoms with Crippen molar-refractivity contribution in [3.63, 3.8) is 0 Å². The highest BCUT2D eigenvalue weighted by Gasteiger charge is 2.54. The third kappa shape index (κ3) is 5.95. The molecule has 4 atom stereocenters. The Kier molecular flexibility index (Phi) is 8.37. The number of nitrogens with one attached hydrogen (secondary N) is 2. The highest BCUT2D eigenvalue weighted by atomic mass is 16.8. The lowest BCUT2D eigenvalue weighted by Crippen LogP contribution is -2.27. The average molecular weight is 639 g/mol. The smallest absolute Gasteiger partial charge is 0.163 e. The molecular weight excluding hydrogens is 596 g/mol. The maximum atomic E-state index is 10.5. The number of aromatic nitrogens is 4. The van der Waals surface area contributed by atoms with E-state index in [-0.39, 0.29) is 30.8 Å². The highest BCUT2D eigenvalue weighted by Crippen LogP contribution is 2.49. The van der Waals surface area contributed by atoms with E-state index in [1.54, 1.807) is 20.5 Å². The van der Waals surface area contributed by atoms with E-state index in [2.05, 4.69) is 44.5 Å². The molecule has 0 bridgehead atoms. The van der Waals surface area contributed by atoms with Crippen molar-refractivity contribution in [2.45, 2.75) is 70.3 Å². The minimum Gasteiger partial charge on any atom is -0.497 e. The molecule has 2 aliphatic rings. The minimum atomic E-state index is -0.690. The monoisotopic (exact) mass is 638 g/mol. The zero-order chi connectivity index (χ0) is 32.7. The molecule has 1 aliphatic heterocycles. The van der Waals surface area contributed by atoms with Gasteiger partial charge >= 0.3 is 0 Å². The number of methoxy groups -OCH3 is 2. The van der Waals surface area contributed by atoms with Crippen molar-refractivity contribution in [2.75, 3.05) is 31.9 Å². The van der Waals surface area contributed by atoms with E-state index >= 15 is 0 Å². The Labute approximate surface area is 274 Å². The van der Waals surface area contributed by atoms with Crippen LogP contribution in [0.25, 0.3) is 21.9 Å². The van der Waals surface area contributed by atoms with E-state index in [0.717, 1.165) is 63.9 Å². The van der Waals surface area contributed by atoms with Gasteiger partial charge in [-0.2, -0.15) is 0 Å². The maximum absolute atomic E-state index is 10.5. The number of ether oxygens (including phenoxy) is 4. The van der Waals surface area contributed by atoms with E-state index in [0.29, 0.717) is 18.1 Å². The van der Waals surface area contributed by atoms with Crippen LogP contribution >= 0.6 is 0 Å². The molecule has 0 spiro atoms. The number of aryl methyl sites for hydroxylation is 1. The van der Waals surface area contributed by atoms with Gasteiger partial charge in [0.25, 0.3) is 0 Å². The molecule has 7 rings (SSSR count). The Morgan fingerprint density at radius 1 is 1.00 bits per heavy atom. The van der Waals surface area contributed by atoms with E-state index in [4.69, 9.17) is 28.9 Å². The predicted octanol–water partition coefficient (Wildman–Crippen LogP) is 5.86. The lowest BCUT2D eigenvalue weighted by Gasteiger charge is -2.24. The summed E-state index contributed by atoms with van der Waals surface area (Å²) in [5, 5.41) is 19.0. The first kappa shape index (κ1) is 31.2. The van der Waals surface area contributed by atoms with Crippen molar-refractivity contribution in [3.8, 4) is 11.5 Å². The first-order valence-electron chi connectivity index (χ1n) is 16.1. The normalized spacial score (nSPS) is 21.7. The summed E-state index contributed by atoms with van der Waals surface area (Å²) in [4.78, 5) is 14.1. The lowest BCUT2D eigenvalue weighted by atomic mass is 9.95. The number of anilines is 2. The van der Waals surface area contributed by atoms with Crippen LogP contribution in [0, 0.1) is 5.92 Å². The minimum absolute atomic E-state index is 0.0181. The molecule has 3 N–H and O–H groups in total. The molecule has 1 aliphatic carbocycles. The van der Waals surface area contributed by atoms with Crippen molar-refractivity contribution in [1.82, 2.24) is 19.5 Å². The fourth-order valence-electron chi connectivity index (χ4n) is 7.27. The largest absolute Gasteiger partial charge is 0.497 e. The van der Waals surface area contributed by atoms with Crippen LogP contribution in [0.3, 0.4) is 0 Å². The van der Waals surface area contributed by atoms with E-state index in [9.17, 15) is 5.11 Å². The van der Waals surface area contributed by atoms with Gasteiger partial charge in [0.15, 0.2) is 5.79 Å². The van der Waals surface area contributed by atoms with Crippen LogP contribution in [0.5, 0.6) is 11.5 Å². The summed E-state index contributed by atoms with van der Waals surface area (Å²) in [6, 6.07) is 16.3. The molecule has 11 nitrogen and oxygen atoms in total. The topological polar surface area (TPSA) is 125 Å². The second kappa shape index (κ2) is 12.6. The molecule has 5 aromatic rings. The average Bonchev–Trinajstić information content (AvgIpc) is 3.73. The maximum Gasteiger partial charge on any atom is 0.163 e. The van der Waals surface area contributed by atoms with Gasteiger partial charge in [-0.15, -0.1) is 0 Å². The number of benzene rings is 2. The van der Waals surface area contributed by atoms with Crippen LogP contribution in [0.4, 0.5) is 11.6 Å². The molecule has 1 saturated heterocycles. The third-order valence-electron chi connectivity index (χ3n) is 9.52. The van der Waals surface area contributed by atoms with Crippen molar-refractivity contribution in [1.29, 1.82) is 0 Å². The molecule has 2 fully saturated rings. The Hall–Kier alpha value is -4.45. The van der Waals surface area contributed by atoms with Crippen molar-refractivity contribution >= 4 is 33.6 Å². The van der Waals surface area contributed by atoms with Gasteiger partial charge in [-0.05, 0) is 74.9 Å². The number of hydrogen-bond acceptors (Lipinski definition) is 10. The predicted molar refractivity (Wildman–Crippen MR) is 181 cm³/mol. The summed E-state index contributed by atoms with van der Waals surface area (Å²) in [5.74, 6) is 2.53. The summed E-state index contributed by atoms with van der Waals surface area (Å²) >= 11 is 0. The zero-order valence-electron chi connectivity index (χ0n) is 27.5. The highest BCUT2D eigenvalue weighted by molar-refractivity contribution is 5.91. The first-order chi connectivity index (χ1) is 22.8. The summed E-state index contributed by atoms with van der Waals surface area (Å²) in [7, 11) is 5.16. The molecule has 2 aromatic carbocycles. The Morgan fingerprint density at radius 3 is 2.62 bits per heavy atom. The van der Waals surface area contributed by atoms with Gasteiger partial charge in [0.2, 0.25) is 0 Å². The third-order valence-corrected chi connectivity index (χ3v) is 9.52. The molecular formula is C36H42N6O5. The Morgan fingerprint density at radius 2 is 1.83 bits per heavy atom. The van der Waals surface area contributed by atoms with Gasteiger partial charge < -0.3 is 39.3 Å². The number of fused-ring (bicyclic) bond motifs is 3. The second-order valence-electron chi connectivity index (χ2n) is 12.8. The molecule has 4 heterocycles. The molecule has 246 valence electrons. The fraction of sp³-hybridized carbons (Fsp3) is 0.417. The number of aliphatic hydroxyl groups is 1. The quantitative estimate of drug-likeness (QED) is 0.162. The lowest BCUT2D eigenvalue weighted by molar-refractivity contribution is -0.160. The molecule has 47 heavy (non-hydrogen) atoms. The van der Waals surface area contributed by atoms with Crippen LogP contribution in [0.1, 0.15) is 49.4 Å². The van der Waals surface area contributed by atoms with Crippen LogP contribution in [-0.4, -0.2) is 63.9 Å². The summed E-state index contributed by atoms with van der Waals surface area (Å²) in [5.41, 5.74) is 4.71. The van der Waals surface area contributed by atoms with Crippen LogP contribution < -0.4 is 20.1 Å². The van der Waals surface area contributed by atoms with E-state index in [1.165, 1.54) is 5.56 Å². The number of hydrogen-bond donors (Lipinski definition) is 3. The SMILES string of the molecule is CNc1ccc2ccc(CC[C@H]3C[C@@H](n4cc(CO)c5c(NCc6ccc(OC)cc6OC)ncnc54)[C@@H]4OC(C)(C)O[C@H]34)cc2n1.